The van der Waals surface area contributed by atoms with Crippen molar-refractivity contribution < 1.29 is 13.4 Å². The predicted molar refractivity (Wildman–Crippen MR) is 120 cm³/mol. The number of carbonyl (C=O) groups excluding carboxylic acids is 1. The van der Waals surface area contributed by atoms with Crippen molar-refractivity contribution in [3.8, 4) is 11.1 Å². The van der Waals surface area contributed by atoms with E-state index in [9.17, 15) is 13.4 Å². The van der Waals surface area contributed by atoms with Gasteiger partial charge in [-0.25, -0.2) is 9.37 Å². The number of amides is 1. The van der Waals surface area contributed by atoms with Crippen LogP contribution in [-0.4, -0.2) is 26.3 Å². The molecule has 0 aliphatic carbocycles. The third-order valence-corrected chi connectivity index (χ3v) is 5.98. The Hall–Kier alpha value is -3.45. The van der Waals surface area contributed by atoms with E-state index in [0.717, 1.165) is 27.0 Å². The van der Waals surface area contributed by atoms with Gasteiger partial charge in [0.1, 0.15) is 11.5 Å². The lowest BCUT2D eigenvalue weighted by Gasteiger charge is -2.15. The van der Waals surface area contributed by atoms with E-state index in [1.165, 1.54) is 12.1 Å². The average Bonchev–Trinajstić information content (AvgIpc) is 2.79. The van der Waals surface area contributed by atoms with Gasteiger partial charge in [-0.3, -0.25) is 14.0 Å². The number of fused-ring (bicyclic) bond motifs is 1. The quantitative estimate of drug-likeness (QED) is 0.497. The second-order valence-electron chi connectivity index (χ2n) is 7.18. The number of hydrogen-bond acceptors (Lipinski definition) is 4. The van der Waals surface area contributed by atoms with Crippen molar-refractivity contribution >= 4 is 27.6 Å². The molecule has 4 rings (SSSR count). The van der Waals surface area contributed by atoms with Crippen LogP contribution in [0.15, 0.2) is 78.0 Å². The summed E-state index contributed by atoms with van der Waals surface area (Å²) in [5, 5.41) is 3.74. The maximum absolute atomic E-state index is 13.3. The van der Waals surface area contributed by atoms with Crippen LogP contribution in [-0.2, 0) is 10.8 Å². The first-order valence-corrected chi connectivity index (χ1v) is 11.2. The molecule has 5 nitrogen and oxygen atoms in total. The number of halogens is 1. The Kier molecular flexibility index (Phi) is 5.86. The third kappa shape index (κ3) is 4.51. The fraction of sp³-hybridized carbons (Fsp3) is 0.125. The molecule has 4 aromatic rings. The topological polar surface area (TPSA) is 72.0 Å². The lowest BCUT2D eigenvalue weighted by atomic mass is 10.0. The molecule has 2 aromatic carbocycles. The van der Waals surface area contributed by atoms with E-state index in [-0.39, 0.29) is 23.5 Å². The summed E-state index contributed by atoms with van der Waals surface area (Å²) in [5.74, 6) is -0.628. The molecule has 1 N–H and O–H groups in total. The van der Waals surface area contributed by atoms with Crippen LogP contribution < -0.4 is 5.32 Å². The molecule has 0 fully saturated rings. The molecule has 0 saturated heterocycles. The zero-order valence-corrected chi connectivity index (χ0v) is 17.8. The SMILES string of the molecule is CC(NC(=O)c1ccc2cncc(-c3ccc(F)cc3)c2n1)c1ccc(S(C)=O)cc1. The summed E-state index contributed by atoms with van der Waals surface area (Å²) in [6, 6.07) is 16.6. The fourth-order valence-corrected chi connectivity index (χ4v) is 3.83. The molecular formula is C24H20FN3O2S. The van der Waals surface area contributed by atoms with Crippen molar-refractivity contribution in [3.05, 3.63) is 90.1 Å². The van der Waals surface area contributed by atoms with Crippen molar-refractivity contribution in [2.45, 2.75) is 17.9 Å². The first-order chi connectivity index (χ1) is 14.9. The minimum Gasteiger partial charge on any atom is -0.344 e. The maximum Gasteiger partial charge on any atom is 0.270 e. The second-order valence-corrected chi connectivity index (χ2v) is 8.56. The van der Waals surface area contributed by atoms with Gasteiger partial charge in [-0.05, 0) is 54.4 Å². The Morgan fingerprint density at radius 3 is 2.39 bits per heavy atom. The molecule has 2 unspecified atom stereocenters. The van der Waals surface area contributed by atoms with Gasteiger partial charge in [0.15, 0.2) is 0 Å². The van der Waals surface area contributed by atoms with Gasteiger partial charge in [0.25, 0.3) is 5.91 Å². The zero-order chi connectivity index (χ0) is 22.0. The number of nitrogens with zero attached hydrogens (tertiary/aromatic N) is 2. The van der Waals surface area contributed by atoms with E-state index in [2.05, 4.69) is 15.3 Å². The molecule has 156 valence electrons. The first-order valence-electron chi connectivity index (χ1n) is 9.67. The first kappa shape index (κ1) is 20.8. The lowest BCUT2D eigenvalue weighted by molar-refractivity contribution is 0.0935. The highest BCUT2D eigenvalue weighted by Crippen LogP contribution is 2.27. The van der Waals surface area contributed by atoms with E-state index in [4.69, 9.17) is 0 Å². The highest BCUT2D eigenvalue weighted by molar-refractivity contribution is 7.84. The van der Waals surface area contributed by atoms with Gasteiger partial charge in [0, 0.05) is 45.3 Å². The number of hydrogen-bond donors (Lipinski definition) is 1. The van der Waals surface area contributed by atoms with Crippen LogP contribution in [0.5, 0.6) is 0 Å². The average molecular weight is 434 g/mol. The standard InChI is InChI=1S/C24H20FN3O2S/c1-15(16-5-10-20(11-6-16)31(2)30)27-24(29)22-12-7-18-13-26-14-21(23(18)28-22)17-3-8-19(25)9-4-17/h3-15H,1-2H3,(H,27,29). The van der Waals surface area contributed by atoms with Gasteiger partial charge in [-0.15, -0.1) is 0 Å². The normalized spacial score (nSPS) is 13.0. The third-order valence-electron chi connectivity index (χ3n) is 5.05. The molecule has 0 aliphatic heterocycles. The van der Waals surface area contributed by atoms with Crippen molar-refractivity contribution in [3.63, 3.8) is 0 Å². The summed E-state index contributed by atoms with van der Waals surface area (Å²) in [6.45, 7) is 1.88. The van der Waals surface area contributed by atoms with Crippen molar-refractivity contribution in [1.29, 1.82) is 0 Å². The van der Waals surface area contributed by atoms with Crippen LogP contribution in [0.25, 0.3) is 22.0 Å². The van der Waals surface area contributed by atoms with Crippen LogP contribution in [0.4, 0.5) is 4.39 Å². The summed E-state index contributed by atoms with van der Waals surface area (Å²) in [5.41, 5.74) is 3.30. The molecule has 2 atom stereocenters. The molecule has 2 aromatic heterocycles. The van der Waals surface area contributed by atoms with Gasteiger partial charge < -0.3 is 5.32 Å². The minimum absolute atomic E-state index is 0.252. The molecule has 0 radical (unpaired) electrons. The number of rotatable bonds is 5. The minimum atomic E-state index is -1.05. The predicted octanol–water partition coefficient (Wildman–Crippen LogP) is 4.66. The van der Waals surface area contributed by atoms with Crippen LogP contribution in [0.1, 0.15) is 29.0 Å². The number of benzene rings is 2. The summed E-state index contributed by atoms with van der Waals surface area (Å²) >= 11 is 0. The Morgan fingerprint density at radius 1 is 1.00 bits per heavy atom. The number of pyridine rings is 2. The molecule has 0 saturated carbocycles. The molecule has 0 spiro atoms. The fourth-order valence-electron chi connectivity index (χ4n) is 3.31. The molecule has 0 bridgehead atoms. The summed E-state index contributed by atoms with van der Waals surface area (Å²) in [4.78, 5) is 22.4. The van der Waals surface area contributed by atoms with Crippen LogP contribution >= 0.6 is 0 Å². The summed E-state index contributed by atoms with van der Waals surface area (Å²) in [7, 11) is -1.05. The van der Waals surface area contributed by atoms with Gasteiger partial charge in [-0.2, -0.15) is 0 Å². The Bertz CT molecular complexity index is 1270. The van der Waals surface area contributed by atoms with E-state index in [1.54, 1.807) is 55.0 Å². The summed E-state index contributed by atoms with van der Waals surface area (Å²) < 4.78 is 24.9. The van der Waals surface area contributed by atoms with Crippen LogP contribution in [0, 0.1) is 5.82 Å². The van der Waals surface area contributed by atoms with Crippen LogP contribution in [0.2, 0.25) is 0 Å². The number of aromatic nitrogens is 2. The van der Waals surface area contributed by atoms with Gasteiger partial charge in [-0.1, -0.05) is 24.3 Å². The molecule has 1 amide bonds. The van der Waals surface area contributed by atoms with Gasteiger partial charge in [0.2, 0.25) is 0 Å². The largest absolute Gasteiger partial charge is 0.344 e. The zero-order valence-electron chi connectivity index (χ0n) is 17.0. The van der Waals surface area contributed by atoms with Crippen molar-refractivity contribution in [2.75, 3.05) is 6.26 Å². The van der Waals surface area contributed by atoms with Gasteiger partial charge in [0.05, 0.1) is 11.6 Å². The molecular weight excluding hydrogens is 413 g/mol. The van der Waals surface area contributed by atoms with Gasteiger partial charge >= 0.3 is 0 Å². The van der Waals surface area contributed by atoms with E-state index < -0.39 is 10.8 Å². The monoisotopic (exact) mass is 433 g/mol. The summed E-state index contributed by atoms with van der Waals surface area (Å²) in [6.07, 6.45) is 4.96. The molecule has 31 heavy (non-hydrogen) atoms. The Balaban J connectivity index is 1.61. The van der Waals surface area contributed by atoms with Crippen molar-refractivity contribution in [1.82, 2.24) is 15.3 Å². The van der Waals surface area contributed by atoms with Crippen LogP contribution in [0.3, 0.4) is 0 Å². The van der Waals surface area contributed by atoms with E-state index in [1.807, 2.05) is 19.1 Å². The molecule has 7 heteroatoms. The Labute approximate surface area is 181 Å². The maximum atomic E-state index is 13.3. The van der Waals surface area contributed by atoms with Crippen molar-refractivity contribution in [2.24, 2.45) is 0 Å². The highest BCUT2D eigenvalue weighted by Gasteiger charge is 2.15. The number of nitrogens with one attached hydrogen (secondary N) is 1. The lowest BCUT2D eigenvalue weighted by Crippen LogP contribution is -2.27. The second kappa shape index (κ2) is 8.73. The number of carbonyl (C=O) groups is 1. The molecule has 0 aliphatic rings. The molecule has 2 heterocycles. The highest BCUT2D eigenvalue weighted by atomic mass is 32.2. The van der Waals surface area contributed by atoms with E-state index in [0.29, 0.717) is 5.52 Å². The van der Waals surface area contributed by atoms with E-state index >= 15 is 0 Å². The smallest absolute Gasteiger partial charge is 0.270 e. The Morgan fingerprint density at radius 2 is 1.71 bits per heavy atom.